The van der Waals surface area contributed by atoms with Gasteiger partial charge in [-0.05, 0) is 29.7 Å². The first-order chi connectivity index (χ1) is 11.6. The normalized spacial score (nSPS) is 21.9. The average Bonchev–Trinajstić information content (AvgIpc) is 2.93. The lowest BCUT2D eigenvalue weighted by Gasteiger charge is -2.39. The van der Waals surface area contributed by atoms with Gasteiger partial charge in [-0.15, -0.1) is 0 Å². The zero-order chi connectivity index (χ0) is 16.8. The Kier molecular flexibility index (Phi) is 3.32. The highest BCUT2D eigenvalue weighted by Gasteiger charge is 2.38. The number of rotatable bonds is 2. The van der Waals surface area contributed by atoms with Gasteiger partial charge in [-0.25, -0.2) is 0 Å². The summed E-state index contributed by atoms with van der Waals surface area (Å²) in [6, 6.07) is 5.96. The number of carbonyl (C=O) groups excluding carboxylic acids is 1. The van der Waals surface area contributed by atoms with Crippen LogP contribution in [-0.2, 0) is 22.6 Å². The summed E-state index contributed by atoms with van der Waals surface area (Å²) in [5.41, 5.74) is 3.97. The maximum atomic E-state index is 11.3. The number of esters is 1. The number of aliphatic hydroxyl groups excluding tert-OH is 1. The molecule has 1 aliphatic heterocycles. The number of nitrogens with one attached hydrogen (secondary N) is 1. The van der Waals surface area contributed by atoms with Crippen molar-refractivity contribution in [2.24, 2.45) is 0 Å². The number of nitriles is 1. The van der Waals surface area contributed by atoms with Gasteiger partial charge in [0.05, 0.1) is 19.2 Å². The summed E-state index contributed by atoms with van der Waals surface area (Å²) < 4.78 is 5.26. The van der Waals surface area contributed by atoms with Crippen LogP contribution in [0.15, 0.2) is 30.0 Å². The maximum Gasteiger partial charge on any atom is 0.307 e. The summed E-state index contributed by atoms with van der Waals surface area (Å²) >= 11 is 0. The van der Waals surface area contributed by atoms with Crippen LogP contribution in [0.1, 0.15) is 29.7 Å². The minimum Gasteiger partial charge on any atom is -0.430 e. The molecule has 122 valence electrons. The second kappa shape index (κ2) is 5.39. The standard InChI is InChI=1S/C18H17N3O3/c1-10(23)24-11-5-13-12-3-2-4-15-18(12)14(16(8-22)20-15)6-17(13)21(7-11)9-19/h2-5,13,17,20,22H,6-8H2,1H3/t13-,17-/m1/s1. The van der Waals surface area contributed by atoms with Crippen LogP contribution >= 0.6 is 0 Å². The Balaban J connectivity index is 1.90. The molecule has 2 heterocycles. The average molecular weight is 323 g/mol. The smallest absolute Gasteiger partial charge is 0.307 e. The predicted molar refractivity (Wildman–Crippen MR) is 86.6 cm³/mol. The van der Waals surface area contributed by atoms with Gasteiger partial charge < -0.3 is 14.8 Å². The summed E-state index contributed by atoms with van der Waals surface area (Å²) in [6.07, 6.45) is 4.86. The number of aromatic amines is 1. The van der Waals surface area contributed by atoms with Crippen LogP contribution in [0.2, 0.25) is 0 Å². The number of benzene rings is 1. The first-order valence-corrected chi connectivity index (χ1v) is 7.91. The van der Waals surface area contributed by atoms with E-state index in [4.69, 9.17) is 4.74 Å². The van der Waals surface area contributed by atoms with Crippen LogP contribution in [0.3, 0.4) is 0 Å². The highest BCUT2D eigenvalue weighted by molar-refractivity contribution is 5.90. The number of H-pyrrole nitrogens is 1. The van der Waals surface area contributed by atoms with E-state index in [2.05, 4.69) is 11.2 Å². The summed E-state index contributed by atoms with van der Waals surface area (Å²) in [7, 11) is 0. The molecule has 24 heavy (non-hydrogen) atoms. The lowest BCUT2D eigenvalue weighted by Crippen LogP contribution is -2.44. The Morgan fingerprint density at radius 1 is 1.54 bits per heavy atom. The molecule has 1 aliphatic carbocycles. The number of nitrogens with zero attached hydrogens (tertiary/aromatic N) is 2. The van der Waals surface area contributed by atoms with Gasteiger partial charge in [-0.2, -0.15) is 5.26 Å². The molecule has 6 heteroatoms. The Morgan fingerprint density at radius 3 is 3.08 bits per heavy atom. The molecule has 0 radical (unpaired) electrons. The van der Waals surface area contributed by atoms with Crippen LogP contribution in [-0.4, -0.2) is 33.5 Å². The molecule has 4 rings (SSSR count). The fourth-order valence-electron chi connectivity index (χ4n) is 3.98. The number of carbonyl (C=O) groups is 1. The second-order valence-corrected chi connectivity index (χ2v) is 6.26. The molecule has 6 nitrogen and oxygen atoms in total. The first kappa shape index (κ1) is 14.8. The summed E-state index contributed by atoms with van der Waals surface area (Å²) in [5, 5.41) is 20.3. The molecule has 1 aromatic heterocycles. The molecule has 0 amide bonds. The maximum absolute atomic E-state index is 11.3. The van der Waals surface area contributed by atoms with Gasteiger partial charge in [0.15, 0.2) is 6.19 Å². The van der Waals surface area contributed by atoms with E-state index in [1.54, 1.807) is 4.90 Å². The van der Waals surface area contributed by atoms with E-state index in [-0.39, 0.29) is 24.5 Å². The third kappa shape index (κ3) is 2.09. The van der Waals surface area contributed by atoms with E-state index in [9.17, 15) is 15.2 Å². The van der Waals surface area contributed by atoms with Crippen LogP contribution in [0.4, 0.5) is 0 Å². The largest absolute Gasteiger partial charge is 0.430 e. The quantitative estimate of drug-likeness (QED) is 0.651. The van der Waals surface area contributed by atoms with Crippen LogP contribution < -0.4 is 0 Å². The molecule has 0 saturated carbocycles. The first-order valence-electron chi connectivity index (χ1n) is 7.91. The van der Waals surface area contributed by atoms with Crippen molar-refractivity contribution < 1.29 is 14.6 Å². The SMILES string of the molecule is CC(=O)OC1=C[C@@H]2c3cccc4[nH]c(CO)c(c34)C[C@H]2N(C#N)C1. The van der Waals surface area contributed by atoms with Crippen molar-refractivity contribution in [1.29, 1.82) is 5.26 Å². The third-order valence-corrected chi connectivity index (χ3v) is 4.89. The van der Waals surface area contributed by atoms with Crippen molar-refractivity contribution in [1.82, 2.24) is 9.88 Å². The zero-order valence-corrected chi connectivity index (χ0v) is 13.2. The van der Waals surface area contributed by atoms with E-state index >= 15 is 0 Å². The minimum atomic E-state index is -0.378. The number of fused-ring (bicyclic) bond motifs is 2. The van der Waals surface area contributed by atoms with Gasteiger partial charge >= 0.3 is 5.97 Å². The summed E-state index contributed by atoms with van der Waals surface area (Å²) in [6.45, 7) is 1.60. The van der Waals surface area contributed by atoms with Gasteiger partial charge in [-0.1, -0.05) is 12.1 Å². The Morgan fingerprint density at radius 2 is 2.38 bits per heavy atom. The van der Waals surface area contributed by atoms with Crippen molar-refractivity contribution in [2.75, 3.05) is 6.54 Å². The fourth-order valence-corrected chi connectivity index (χ4v) is 3.98. The van der Waals surface area contributed by atoms with Gasteiger partial charge in [0, 0.05) is 29.4 Å². The van der Waals surface area contributed by atoms with Gasteiger partial charge in [-0.3, -0.25) is 9.69 Å². The van der Waals surface area contributed by atoms with Gasteiger partial charge in [0.2, 0.25) is 0 Å². The Bertz CT molecular complexity index is 906. The molecule has 0 spiro atoms. The number of ether oxygens (including phenoxy) is 1. The molecule has 0 fully saturated rings. The van der Waals surface area contributed by atoms with Crippen LogP contribution in [0, 0.1) is 11.5 Å². The molecular formula is C18H17N3O3. The van der Waals surface area contributed by atoms with Crippen molar-refractivity contribution in [3.05, 3.63) is 46.9 Å². The van der Waals surface area contributed by atoms with Crippen LogP contribution in [0.25, 0.3) is 10.9 Å². The van der Waals surface area contributed by atoms with Crippen LogP contribution in [0.5, 0.6) is 0 Å². The molecule has 0 saturated heterocycles. The molecule has 0 bridgehead atoms. The van der Waals surface area contributed by atoms with Crippen molar-refractivity contribution in [2.45, 2.75) is 31.9 Å². The van der Waals surface area contributed by atoms with E-state index in [1.165, 1.54) is 6.92 Å². The number of aliphatic hydroxyl groups is 1. The Hall–Kier alpha value is -2.78. The topological polar surface area (TPSA) is 89.3 Å². The number of hydrogen-bond acceptors (Lipinski definition) is 5. The molecule has 0 unspecified atom stereocenters. The molecule has 2 N–H and O–H groups in total. The summed E-state index contributed by atoms with van der Waals surface area (Å²) in [5.74, 6) is 0.117. The minimum absolute atomic E-state index is 0.0220. The predicted octanol–water partition coefficient (Wildman–Crippen LogP) is 1.91. The number of aromatic nitrogens is 1. The highest BCUT2D eigenvalue weighted by atomic mass is 16.5. The van der Waals surface area contributed by atoms with E-state index < -0.39 is 0 Å². The van der Waals surface area contributed by atoms with Crippen molar-refractivity contribution >= 4 is 16.9 Å². The molecule has 2 aliphatic rings. The second-order valence-electron chi connectivity index (χ2n) is 6.26. The van der Waals surface area contributed by atoms with Crippen molar-refractivity contribution in [3.8, 4) is 6.19 Å². The third-order valence-electron chi connectivity index (χ3n) is 4.89. The monoisotopic (exact) mass is 323 g/mol. The Labute approximate surface area is 138 Å². The van der Waals surface area contributed by atoms with E-state index in [1.807, 2.05) is 24.3 Å². The molecule has 1 aromatic carbocycles. The van der Waals surface area contributed by atoms with E-state index in [0.717, 1.165) is 27.7 Å². The van der Waals surface area contributed by atoms with Gasteiger partial charge in [0.1, 0.15) is 5.76 Å². The highest BCUT2D eigenvalue weighted by Crippen LogP contribution is 2.43. The lowest BCUT2D eigenvalue weighted by atomic mass is 9.77. The fraction of sp³-hybridized carbons (Fsp3) is 0.333. The molecular weight excluding hydrogens is 306 g/mol. The lowest BCUT2D eigenvalue weighted by molar-refractivity contribution is -0.137. The molecule has 2 atom stereocenters. The van der Waals surface area contributed by atoms with E-state index in [0.29, 0.717) is 18.7 Å². The molecule has 2 aromatic rings. The summed E-state index contributed by atoms with van der Waals surface area (Å²) in [4.78, 5) is 16.2. The zero-order valence-electron chi connectivity index (χ0n) is 13.2. The number of hydrogen-bond donors (Lipinski definition) is 2. The van der Waals surface area contributed by atoms with Gasteiger partial charge in [0.25, 0.3) is 0 Å². The van der Waals surface area contributed by atoms with Crippen molar-refractivity contribution in [3.63, 3.8) is 0 Å².